The van der Waals surface area contributed by atoms with Crippen molar-refractivity contribution in [3.8, 4) is 0 Å². The zero-order valence-electron chi connectivity index (χ0n) is 10.9. The molecule has 0 saturated carbocycles. The van der Waals surface area contributed by atoms with Crippen molar-refractivity contribution in [2.24, 2.45) is 0 Å². The van der Waals surface area contributed by atoms with Crippen LogP contribution in [0.3, 0.4) is 0 Å². The smallest absolute Gasteiger partial charge is 0 e. The summed E-state index contributed by atoms with van der Waals surface area (Å²) in [5, 5.41) is 0. The van der Waals surface area contributed by atoms with Gasteiger partial charge in [0.05, 0.1) is 0 Å². The van der Waals surface area contributed by atoms with Crippen molar-refractivity contribution in [2.75, 3.05) is 0 Å². The number of hydrogen-bond donors (Lipinski definition) is 0. The Hall–Kier alpha value is 10.6. The molecule has 0 N–H and O–H groups in total. The van der Waals surface area contributed by atoms with Crippen molar-refractivity contribution >= 4 is 39.6 Å². The minimum atomic E-state index is 0. The second kappa shape index (κ2) is 83.9. The predicted molar refractivity (Wildman–Crippen MR) is 64.7 cm³/mol. The minimum Gasteiger partial charge on any atom is -0.323 e. The molecule has 0 aromatic heterocycles. The predicted octanol–water partition coefficient (Wildman–Crippen LogP) is 1.83. The Bertz CT molecular complexity index is 28.8. The Kier molecular flexibility index (Phi) is 495. The second-order valence-electron chi connectivity index (χ2n) is 1.50. The van der Waals surface area contributed by atoms with E-state index in [9.17, 15) is 0 Å². The van der Waals surface area contributed by atoms with E-state index >= 15 is 0 Å². The first kappa shape index (κ1) is 94.4. The van der Waals surface area contributed by atoms with Gasteiger partial charge in [-0.05, 0) is 0 Å². The molecular weight excluding hydrogens is 883 g/mol. The third-order valence-electron chi connectivity index (χ3n) is 0. The normalized spacial score (nSPS) is 2.25. The summed E-state index contributed by atoms with van der Waals surface area (Å²) in [6.45, 7) is 6.25. The van der Waals surface area contributed by atoms with Crippen molar-refractivity contribution in [2.45, 2.75) is 20.8 Å². The molecule has 82 valence electrons. The van der Waals surface area contributed by atoms with Crippen LogP contribution in [0.1, 0.15) is 20.8 Å². The van der Waals surface area contributed by atoms with Crippen LogP contribution >= 0.6 is 39.6 Å². The molecule has 0 aliphatic rings. The standard InChI is InChI=1S/C4H9.4H3P.8Y/c1-4(2)3;;;;;;;;;;;;/h1-3H3;4*1H3;;;;;;;;/q-1;;;;;;;;;;;;. The first-order valence-electron chi connectivity index (χ1n) is 1.50. The zero-order chi connectivity index (χ0) is 3.58. The van der Waals surface area contributed by atoms with E-state index in [0.717, 1.165) is 0 Å². The Morgan fingerprint density at radius 3 is 0.375 bits per heavy atom. The molecule has 0 aliphatic heterocycles. The van der Waals surface area contributed by atoms with Crippen molar-refractivity contribution in [1.82, 2.24) is 0 Å². The average molecular weight is 904 g/mol. The molecule has 0 saturated heterocycles. The van der Waals surface area contributed by atoms with E-state index in [0.29, 0.717) is 0 Å². The van der Waals surface area contributed by atoms with Crippen molar-refractivity contribution < 1.29 is 262 Å². The van der Waals surface area contributed by atoms with Gasteiger partial charge < -0.3 is 5.92 Å². The van der Waals surface area contributed by atoms with Crippen LogP contribution in [0.5, 0.6) is 0 Å². The summed E-state index contributed by atoms with van der Waals surface area (Å²) in [6.07, 6.45) is 0. The molecule has 0 nitrogen and oxygen atoms in total. The summed E-state index contributed by atoms with van der Waals surface area (Å²) in [5.41, 5.74) is 0. The Labute approximate surface area is 318 Å². The molecule has 0 spiro atoms. The molecule has 0 amide bonds. The van der Waals surface area contributed by atoms with Crippen molar-refractivity contribution in [1.29, 1.82) is 0 Å². The Balaban J connectivity index is -0.000000000682. The van der Waals surface area contributed by atoms with Gasteiger partial charge in [-0.2, -0.15) is 60.4 Å². The summed E-state index contributed by atoms with van der Waals surface area (Å²) in [6, 6.07) is 0. The largest absolute Gasteiger partial charge is 0.323 e. The van der Waals surface area contributed by atoms with Gasteiger partial charge in [-0.1, -0.05) is 0 Å². The zero-order valence-corrected chi connectivity index (χ0v) is 39.3. The molecule has 0 aromatic carbocycles. The third kappa shape index (κ3) is 122. The molecule has 4 unspecified atom stereocenters. The van der Waals surface area contributed by atoms with E-state index < -0.39 is 0 Å². The number of hydrogen-bond acceptors (Lipinski definition) is 0. The SMILES string of the molecule is C[C-](C)C.P.P.P.P.[Y].[Y].[Y].[Y].[Y].[Y].[Y].[Y]. The number of rotatable bonds is 0. The maximum Gasteiger partial charge on any atom is 0 e. The fourth-order valence-corrected chi connectivity index (χ4v) is 0. The van der Waals surface area contributed by atoms with Crippen LogP contribution in [0, 0.1) is 5.92 Å². The summed E-state index contributed by atoms with van der Waals surface area (Å²) in [4.78, 5) is 0. The monoisotopic (exact) mass is 904 g/mol. The Morgan fingerprint density at radius 2 is 0.375 bits per heavy atom. The molecule has 0 aromatic rings. The Morgan fingerprint density at radius 1 is 0.375 bits per heavy atom. The molecule has 8 radical (unpaired) electrons. The molecule has 0 bridgehead atoms. The second-order valence-corrected chi connectivity index (χ2v) is 1.50. The van der Waals surface area contributed by atoms with Crippen LogP contribution in [-0.4, -0.2) is 0 Å². The topological polar surface area (TPSA) is 0 Å². The van der Waals surface area contributed by atoms with E-state index in [1.807, 2.05) is 0 Å². The molecule has 0 fully saturated rings. The molecule has 16 heavy (non-hydrogen) atoms. The van der Waals surface area contributed by atoms with Gasteiger partial charge in [0.2, 0.25) is 0 Å². The van der Waals surface area contributed by atoms with E-state index in [1.165, 1.54) is 5.92 Å². The first-order valence-corrected chi connectivity index (χ1v) is 1.50. The van der Waals surface area contributed by atoms with Crippen LogP contribution in [0.25, 0.3) is 0 Å². The van der Waals surface area contributed by atoms with Crippen LogP contribution in [0.15, 0.2) is 0 Å². The molecule has 0 rings (SSSR count). The summed E-state index contributed by atoms with van der Waals surface area (Å²) in [5.74, 6) is 1.42. The minimum absolute atomic E-state index is 0. The van der Waals surface area contributed by atoms with Crippen molar-refractivity contribution in [3.05, 3.63) is 5.92 Å². The van der Waals surface area contributed by atoms with Crippen LogP contribution in [0.2, 0.25) is 0 Å². The van der Waals surface area contributed by atoms with E-state index in [2.05, 4.69) is 20.8 Å². The summed E-state index contributed by atoms with van der Waals surface area (Å²) in [7, 11) is 0. The van der Waals surface area contributed by atoms with Gasteiger partial charge >= 0.3 is 0 Å². The van der Waals surface area contributed by atoms with Gasteiger partial charge in [-0.15, -0.1) is 0 Å². The van der Waals surface area contributed by atoms with Gasteiger partial charge in [0.15, 0.2) is 0 Å². The van der Waals surface area contributed by atoms with E-state index in [4.69, 9.17) is 0 Å². The van der Waals surface area contributed by atoms with Crippen LogP contribution < -0.4 is 0 Å². The fourth-order valence-electron chi connectivity index (χ4n) is 0. The fraction of sp³-hybridized carbons (Fsp3) is 0.750. The summed E-state index contributed by atoms with van der Waals surface area (Å²) >= 11 is 0. The van der Waals surface area contributed by atoms with E-state index in [-0.39, 0.29) is 301 Å². The summed E-state index contributed by atoms with van der Waals surface area (Å²) < 4.78 is 0. The maximum absolute atomic E-state index is 2.08. The van der Waals surface area contributed by atoms with Crippen LogP contribution in [0.4, 0.5) is 0 Å². The van der Waals surface area contributed by atoms with Gasteiger partial charge in [0.1, 0.15) is 0 Å². The molecule has 12 heteroatoms. The quantitative estimate of drug-likeness (QED) is 0.258. The van der Waals surface area contributed by atoms with Gasteiger partial charge in [-0.3, -0.25) is 0 Å². The average Bonchev–Trinajstić information content (AvgIpc) is 0.811. The maximum atomic E-state index is 2.08. The molecule has 0 heterocycles. The third-order valence-corrected chi connectivity index (χ3v) is 0. The molecular formula is C4H21P4Y8-. The van der Waals surface area contributed by atoms with Gasteiger partial charge in [0, 0.05) is 262 Å². The molecule has 0 aliphatic carbocycles. The van der Waals surface area contributed by atoms with Crippen LogP contribution in [-0.2, 0) is 262 Å². The van der Waals surface area contributed by atoms with Gasteiger partial charge in [0.25, 0.3) is 0 Å². The first-order chi connectivity index (χ1) is 1.73. The van der Waals surface area contributed by atoms with E-state index in [1.54, 1.807) is 0 Å². The van der Waals surface area contributed by atoms with Crippen molar-refractivity contribution in [3.63, 3.8) is 0 Å². The molecule has 4 atom stereocenters. The van der Waals surface area contributed by atoms with Gasteiger partial charge in [-0.25, -0.2) is 0 Å².